The molecule has 5 nitrogen and oxygen atoms in total. The van der Waals surface area contributed by atoms with Crippen LogP contribution in [0.15, 0.2) is 69.9 Å². The molecule has 0 aliphatic heterocycles. The molecule has 1 aromatic heterocycles. The van der Waals surface area contributed by atoms with Gasteiger partial charge in [0.1, 0.15) is 17.1 Å². The minimum atomic E-state index is -5.00. The number of hydrogen-bond acceptors (Lipinski definition) is 5. The lowest BCUT2D eigenvalue weighted by Crippen LogP contribution is -2.25. The maximum Gasteiger partial charge on any atom is 0.453 e. The van der Waals surface area contributed by atoms with Crippen molar-refractivity contribution in [3.8, 4) is 17.2 Å². The van der Waals surface area contributed by atoms with E-state index >= 15 is 0 Å². The van der Waals surface area contributed by atoms with Crippen LogP contribution in [0.25, 0.3) is 21.7 Å². The highest BCUT2D eigenvalue weighted by atomic mass is 19.4. The van der Waals surface area contributed by atoms with Crippen LogP contribution in [0.3, 0.4) is 0 Å². The first-order chi connectivity index (χ1) is 15.4. The molecule has 0 N–H and O–H groups in total. The van der Waals surface area contributed by atoms with Gasteiger partial charge in [0.05, 0.1) is 10.8 Å². The molecule has 0 radical (unpaired) electrons. The molecule has 4 aromatic rings. The highest BCUT2D eigenvalue weighted by Crippen LogP contribution is 2.39. The largest absolute Gasteiger partial charge is 0.453 e. The minimum Gasteiger partial charge on any atom is -0.449 e. The molecule has 0 saturated carbocycles. The van der Waals surface area contributed by atoms with Gasteiger partial charge in [0.2, 0.25) is 11.2 Å². The highest BCUT2D eigenvalue weighted by Gasteiger charge is 2.40. The molecule has 0 bridgehead atoms. The standard InChI is InChI=1S/C25H19F3O5/c1-24(2,3)23(30)32-17-10-11-18-19(13-17)33-22(25(26,27)28)21(20(18)29)31-16-9-8-14-6-4-5-7-15(14)12-16/h4-13H,1-3H3. The summed E-state index contributed by atoms with van der Waals surface area (Å²) in [4.78, 5) is 25.1. The summed E-state index contributed by atoms with van der Waals surface area (Å²) in [6.45, 7) is 4.90. The second-order valence-electron chi connectivity index (χ2n) is 8.50. The Morgan fingerprint density at radius 3 is 2.21 bits per heavy atom. The zero-order valence-electron chi connectivity index (χ0n) is 17.9. The fraction of sp³-hybridized carbons (Fsp3) is 0.200. The van der Waals surface area contributed by atoms with E-state index in [9.17, 15) is 22.8 Å². The molecule has 0 spiro atoms. The lowest BCUT2D eigenvalue weighted by molar-refractivity contribution is -0.154. The van der Waals surface area contributed by atoms with Gasteiger partial charge in [-0.2, -0.15) is 13.2 Å². The third kappa shape index (κ3) is 4.55. The SMILES string of the molecule is CC(C)(C)C(=O)Oc1ccc2c(=O)c(Oc3ccc4ccccc4c3)c(C(F)(F)F)oc2c1. The Morgan fingerprint density at radius 1 is 0.879 bits per heavy atom. The van der Waals surface area contributed by atoms with Crippen molar-refractivity contribution in [2.24, 2.45) is 5.41 Å². The second kappa shape index (κ2) is 7.95. The van der Waals surface area contributed by atoms with Crippen molar-refractivity contribution in [2.45, 2.75) is 26.9 Å². The average Bonchev–Trinajstić information content (AvgIpc) is 2.74. The summed E-state index contributed by atoms with van der Waals surface area (Å²) in [5, 5.41) is 1.46. The third-order valence-corrected chi connectivity index (χ3v) is 4.84. The smallest absolute Gasteiger partial charge is 0.449 e. The Labute approximate surface area is 186 Å². The maximum absolute atomic E-state index is 13.8. The van der Waals surface area contributed by atoms with Crippen molar-refractivity contribution in [1.29, 1.82) is 0 Å². The molecular formula is C25H19F3O5. The first kappa shape index (κ1) is 22.4. The van der Waals surface area contributed by atoms with Crippen LogP contribution in [-0.2, 0) is 11.0 Å². The van der Waals surface area contributed by atoms with Crippen LogP contribution in [0.5, 0.6) is 17.2 Å². The van der Waals surface area contributed by atoms with Gasteiger partial charge >= 0.3 is 12.1 Å². The van der Waals surface area contributed by atoms with E-state index in [4.69, 9.17) is 13.9 Å². The van der Waals surface area contributed by atoms with Crippen LogP contribution in [0.2, 0.25) is 0 Å². The molecule has 170 valence electrons. The molecule has 0 saturated heterocycles. The summed E-state index contributed by atoms with van der Waals surface area (Å²) in [5.74, 6) is -3.11. The highest BCUT2D eigenvalue weighted by molar-refractivity contribution is 5.84. The summed E-state index contributed by atoms with van der Waals surface area (Å²) in [6, 6.07) is 15.5. The lowest BCUT2D eigenvalue weighted by atomic mass is 9.97. The quantitative estimate of drug-likeness (QED) is 0.253. The number of carbonyl (C=O) groups is 1. The summed E-state index contributed by atoms with van der Waals surface area (Å²) in [6.07, 6.45) is -5.00. The Balaban J connectivity index is 1.81. The second-order valence-corrected chi connectivity index (χ2v) is 8.50. The van der Waals surface area contributed by atoms with Gasteiger partial charge in [-0.25, -0.2) is 0 Å². The van der Waals surface area contributed by atoms with E-state index in [1.54, 1.807) is 39.0 Å². The summed E-state index contributed by atoms with van der Waals surface area (Å²) >= 11 is 0. The van der Waals surface area contributed by atoms with Crippen LogP contribution in [0, 0.1) is 5.41 Å². The summed E-state index contributed by atoms with van der Waals surface area (Å²) < 4.78 is 57.0. The Kier molecular flexibility index (Phi) is 5.40. The fourth-order valence-electron chi connectivity index (χ4n) is 3.11. The van der Waals surface area contributed by atoms with Crippen molar-refractivity contribution in [2.75, 3.05) is 0 Å². The monoisotopic (exact) mass is 456 g/mol. The average molecular weight is 456 g/mol. The Morgan fingerprint density at radius 2 is 1.55 bits per heavy atom. The van der Waals surface area contributed by atoms with Gasteiger partial charge < -0.3 is 13.9 Å². The normalized spacial score (nSPS) is 12.2. The van der Waals surface area contributed by atoms with Gasteiger partial charge in [0, 0.05) is 6.07 Å². The molecule has 0 aliphatic carbocycles. The predicted molar refractivity (Wildman–Crippen MR) is 117 cm³/mol. The van der Waals surface area contributed by atoms with Gasteiger partial charge in [0.25, 0.3) is 5.76 Å². The number of benzene rings is 3. The lowest BCUT2D eigenvalue weighted by Gasteiger charge is -2.17. The molecule has 1 heterocycles. The van der Waals surface area contributed by atoms with Gasteiger partial charge in [-0.1, -0.05) is 30.3 Å². The molecule has 8 heteroatoms. The molecular weight excluding hydrogens is 437 g/mol. The van der Waals surface area contributed by atoms with Gasteiger partial charge in [-0.3, -0.25) is 9.59 Å². The third-order valence-electron chi connectivity index (χ3n) is 4.84. The Bertz CT molecular complexity index is 1430. The van der Waals surface area contributed by atoms with Crippen LogP contribution < -0.4 is 14.9 Å². The number of alkyl halides is 3. The molecule has 0 atom stereocenters. The van der Waals surface area contributed by atoms with E-state index in [1.807, 2.05) is 12.1 Å². The minimum absolute atomic E-state index is 0.0399. The predicted octanol–water partition coefficient (Wildman–Crippen LogP) is 6.71. The molecule has 3 aromatic carbocycles. The maximum atomic E-state index is 13.8. The van der Waals surface area contributed by atoms with E-state index in [-0.39, 0.29) is 22.5 Å². The fourth-order valence-corrected chi connectivity index (χ4v) is 3.11. The topological polar surface area (TPSA) is 65.7 Å². The van der Waals surface area contributed by atoms with Crippen LogP contribution in [-0.4, -0.2) is 5.97 Å². The van der Waals surface area contributed by atoms with Crippen molar-refractivity contribution >= 4 is 27.7 Å². The number of rotatable bonds is 3. The number of halogens is 3. The number of esters is 1. The molecule has 33 heavy (non-hydrogen) atoms. The van der Waals surface area contributed by atoms with Crippen molar-refractivity contribution in [1.82, 2.24) is 0 Å². The number of hydrogen-bond donors (Lipinski definition) is 0. The van der Waals surface area contributed by atoms with Gasteiger partial charge in [-0.05, 0) is 55.8 Å². The van der Waals surface area contributed by atoms with Crippen LogP contribution >= 0.6 is 0 Å². The molecule has 0 aliphatic rings. The summed E-state index contributed by atoms with van der Waals surface area (Å²) in [5.41, 5.74) is -2.20. The molecule has 0 fully saturated rings. The molecule has 4 rings (SSSR count). The van der Waals surface area contributed by atoms with E-state index in [0.29, 0.717) is 0 Å². The van der Waals surface area contributed by atoms with E-state index in [0.717, 1.165) is 16.8 Å². The summed E-state index contributed by atoms with van der Waals surface area (Å²) in [7, 11) is 0. The number of fused-ring (bicyclic) bond motifs is 2. The molecule has 0 unspecified atom stereocenters. The zero-order valence-corrected chi connectivity index (χ0v) is 17.9. The van der Waals surface area contributed by atoms with E-state index in [1.165, 1.54) is 24.3 Å². The Hall–Kier alpha value is -3.81. The van der Waals surface area contributed by atoms with Gasteiger partial charge in [0.15, 0.2) is 0 Å². The number of ether oxygens (including phenoxy) is 2. The van der Waals surface area contributed by atoms with E-state index < -0.39 is 34.5 Å². The van der Waals surface area contributed by atoms with E-state index in [2.05, 4.69) is 0 Å². The van der Waals surface area contributed by atoms with Crippen molar-refractivity contribution in [3.05, 3.63) is 76.6 Å². The number of carbonyl (C=O) groups excluding carboxylic acids is 1. The van der Waals surface area contributed by atoms with Gasteiger partial charge in [-0.15, -0.1) is 0 Å². The van der Waals surface area contributed by atoms with Crippen LogP contribution in [0.1, 0.15) is 26.5 Å². The van der Waals surface area contributed by atoms with Crippen molar-refractivity contribution < 1.29 is 31.9 Å². The first-order valence-electron chi connectivity index (χ1n) is 10.0. The van der Waals surface area contributed by atoms with Crippen LogP contribution in [0.4, 0.5) is 13.2 Å². The first-order valence-corrected chi connectivity index (χ1v) is 10.0. The molecule has 0 amide bonds. The zero-order chi connectivity index (χ0) is 24.0. The van der Waals surface area contributed by atoms with Crippen molar-refractivity contribution in [3.63, 3.8) is 0 Å².